The normalized spacial score (nSPS) is 16.4. The molecule has 0 radical (unpaired) electrons. The number of hydrogen-bond donors (Lipinski definition) is 0. The van der Waals surface area contributed by atoms with Gasteiger partial charge in [0.1, 0.15) is 0 Å². The van der Waals surface area contributed by atoms with Crippen molar-refractivity contribution in [3.8, 4) is 0 Å². The highest BCUT2D eigenvalue weighted by atomic mass is 16.5. The smallest absolute Gasteiger partial charge is 0.0660 e. The van der Waals surface area contributed by atoms with Gasteiger partial charge in [-0.05, 0) is 30.9 Å². The molecule has 0 amide bonds. The molecule has 1 aliphatic carbocycles. The first kappa shape index (κ1) is 9.47. The van der Waals surface area contributed by atoms with Gasteiger partial charge in [0.25, 0.3) is 0 Å². The molecule has 0 heterocycles. The van der Waals surface area contributed by atoms with Crippen molar-refractivity contribution in [2.75, 3.05) is 6.61 Å². The summed E-state index contributed by atoms with van der Waals surface area (Å²) in [5.41, 5.74) is 2.91. The molecule has 0 unspecified atom stereocenters. The van der Waals surface area contributed by atoms with Crippen LogP contribution in [0.1, 0.15) is 18.1 Å². The van der Waals surface area contributed by atoms with Crippen molar-refractivity contribution in [2.24, 2.45) is 0 Å². The number of ether oxygens (including phenoxy) is 1. The van der Waals surface area contributed by atoms with Crippen LogP contribution in [0.15, 0.2) is 36.4 Å². The minimum atomic E-state index is 0.392. The van der Waals surface area contributed by atoms with Crippen molar-refractivity contribution in [2.45, 2.75) is 25.9 Å². The van der Waals surface area contributed by atoms with E-state index in [-0.39, 0.29) is 0 Å². The Balaban J connectivity index is 1.92. The lowest BCUT2D eigenvalue weighted by Crippen LogP contribution is -2.12. The fourth-order valence-electron chi connectivity index (χ4n) is 1.92. The van der Waals surface area contributed by atoms with Crippen molar-refractivity contribution in [3.05, 3.63) is 47.5 Å². The lowest BCUT2D eigenvalue weighted by atomic mass is 10.1. The summed E-state index contributed by atoms with van der Waals surface area (Å²) in [5, 5.41) is 0. The van der Waals surface area contributed by atoms with Crippen molar-refractivity contribution >= 4 is 0 Å². The lowest BCUT2D eigenvalue weighted by Gasteiger charge is -2.08. The average Bonchev–Trinajstić information content (AvgIpc) is 2.60. The molecular weight excluding hydrogens is 172 g/mol. The molecule has 14 heavy (non-hydrogen) atoms. The Kier molecular flexibility index (Phi) is 3.00. The first-order valence-electron chi connectivity index (χ1n) is 5.19. The first-order valence-corrected chi connectivity index (χ1v) is 5.19. The fraction of sp³-hybridized carbons (Fsp3) is 0.385. The molecule has 0 atom stereocenters. The molecule has 74 valence electrons. The zero-order valence-electron chi connectivity index (χ0n) is 8.57. The van der Waals surface area contributed by atoms with Gasteiger partial charge in [-0.2, -0.15) is 0 Å². The molecule has 1 aromatic carbocycles. The van der Waals surface area contributed by atoms with E-state index < -0.39 is 0 Å². The Morgan fingerprint density at radius 1 is 1.29 bits per heavy atom. The number of rotatable bonds is 3. The minimum absolute atomic E-state index is 0.392. The van der Waals surface area contributed by atoms with Crippen LogP contribution in [0.25, 0.3) is 0 Å². The summed E-state index contributed by atoms with van der Waals surface area (Å²) < 4.78 is 5.74. The van der Waals surface area contributed by atoms with Crippen molar-refractivity contribution in [1.29, 1.82) is 0 Å². The maximum atomic E-state index is 5.74. The second kappa shape index (κ2) is 4.43. The zero-order chi connectivity index (χ0) is 9.80. The van der Waals surface area contributed by atoms with Gasteiger partial charge in [0.15, 0.2) is 0 Å². The summed E-state index contributed by atoms with van der Waals surface area (Å²) in [5.74, 6) is 0. The Bertz CT molecular complexity index is 303. The first-order chi connectivity index (χ1) is 6.90. The van der Waals surface area contributed by atoms with E-state index in [4.69, 9.17) is 4.74 Å². The van der Waals surface area contributed by atoms with Crippen LogP contribution in [-0.2, 0) is 17.6 Å². The van der Waals surface area contributed by atoms with Gasteiger partial charge in [-0.15, -0.1) is 0 Å². The lowest BCUT2D eigenvalue weighted by molar-refractivity contribution is 0.0825. The van der Waals surface area contributed by atoms with Crippen LogP contribution in [-0.4, -0.2) is 12.7 Å². The van der Waals surface area contributed by atoms with Gasteiger partial charge in [-0.3, -0.25) is 0 Å². The van der Waals surface area contributed by atoms with Gasteiger partial charge in [-0.1, -0.05) is 36.4 Å². The highest BCUT2D eigenvalue weighted by Crippen LogP contribution is 2.23. The fourth-order valence-corrected chi connectivity index (χ4v) is 1.92. The van der Waals surface area contributed by atoms with Crippen LogP contribution in [0.4, 0.5) is 0 Å². The number of benzene rings is 1. The molecule has 0 aliphatic heterocycles. The summed E-state index contributed by atoms with van der Waals surface area (Å²) in [4.78, 5) is 0. The molecule has 1 heteroatoms. The number of fused-ring (bicyclic) bond motifs is 1. The van der Waals surface area contributed by atoms with E-state index >= 15 is 0 Å². The maximum absolute atomic E-state index is 5.74. The summed E-state index contributed by atoms with van der Waals surface area (Å²) in [6.45, 7) is 2.77. The van der Waals surface area contributed by atoms with Gasteiger partial charge in [0.2, 0.25) is 0 Å². The third-order valence-corrected chi connectivity index (χ3v) is 2.68. The van der Waals surface area contributed by atoms with Gasteiger partial charge >= 0.3 is 0 Å². The van der Waals surface area contributed by atoms with Crippen molar-refractivity contribution in [3.63, 3.8) is 0 Å². The predicted octanol–water partition coefficient (Wildman–Crippen LogP) is 2.75. The van der Waals surface area contributed by atoms with Crippen molar-refractivity contribution < 1.29 is 4.74 Å². The molecule has 0 fully saturated rings. The van der Waals surface area contributed by atoms with Gasteiger partial charge < -0.3 is 4.74 Å². The molecular formula is C13H16O. The Labute approximate surface area is 85.4 Å². The predicted molar refractivity (Wildman–Crippen MR) is 58.4 cm³/mol. The Morgan fingerprint density at radius 2 is 1.93 bits per heavy atom. The molecule has 2 rings (SSSR count). The van der Waals surface area contributed by atoms with E-state index in [1.807, 2.05) is 13.0 Å². The number of allylic oxidation sites excluding steroid dienone is 1. The highest BCUT2D eigenvalue weighted by Gasteiger charge is 2.20. The molecule has 0 spiro atoms. The molecule has 0 saturated carbocycles. The standard InChI is InChI=1S/C13H16O/c1-2-3-8-14-13-9-11-6-4-5-7-12(11)10-13/h2-7,13H,8-10H2,1H3/b3-2+. The zero-order valence-corrected chi connectivity index (χ0v) is 8.57. The maximum Gasteiger partial charge on any atom is 0.0660 e. The van der Waals surface area contributed by atoms with E-state index in [2.05, 4.69) is 30.3 Å². The quantitative estimate of drug-likeness (QED) is 0.663. The van der Waals surface area contributed by atoms with Gasteiger partial charge in [-0.25, -0.2) is 0 Å². The van der Waals surface area contributed by atoms with E-state index in [0.29, 0.717) is 6.10 Å². The average molecular weight is 188 g/mol. The van der Waals surface area contributed by atoms with Crippen LogP contribution in [0, 0.1) is 0 Å². The third-order valence-electron chi connectivity index (χ3n) is 2.68. The molecule has 0 aromatic heterocycles. The second-order valence-electron chi connectivity index (χ2n) is 3.70. The largest absolute Gasteiger partial charge is 0.373 e. The Morgan fingerprint density at radius 3 is 2.50 bits per heavy atom. The van der Waals surface area contributed by atoms with E-state index in [1.54, 1.807) is 0 Å². The Hall–Kier alpha value is -1.08. The van der Waals surface area contributed by atoms with Crippen LogP contribution in [0.5, 0.6) is 0 Å². The summed E-state index contributed by atoms with van der Waals surface area (Å²) >= 11 is 0. The van der Waals surface area contributed by atoms with Gasteiger partial charge in [0, 0.05) is 0 Å². The molecule has 0 saturated heterocycles. The van der Waals surface area contributed by atoms with Crippen LogP contribution >= 0.6 is 0 Å². The van der Waals surface area contributed by atoms with Crippen molar-refractivity contribution in [1.82, 2.24) is 0 Å². The molecule has 1 nitrogen and oxygen atoms in total. The van der Waals surface area contributed by atoms with E-state index in [1.165, 1.54) is 11.1 Å². The molecule has 0 N–H and O–H groups in total. The van der Waals surface area contributed by atoms with Crippen LogP contribution in [0.3, 0.4) is 0 Å². The molecule has 1 aromatic rings. The monoisotopic (exact) mass is 188 g/mol. The molecule has 1 aliphatic rings. The highest BCUT2D eigenvalue weighted by molar-refractivity contribution is 5.32. The van der Waals surface area contributed by atoms with E-state index in [0.717, 1.165) is 19.4 Å². The molecule has 0 bridgehead atoms. The van der Waals surface area contributed by atoms with Gasteiger partial charge in [0.05, 0.1) is 12.7 Å². The summed E-state index contributed by atoms with van der Waals surface area (Å²) in [7, 11) is 0. The summed E-state index contributed by atoms with van der Waals surface area (Å²) in [6.07, 6.45) is 6.63. The van der Waals surface area contributed by atoms with Crippen LogP contribution in [0.2, 0.25) is 0 Å². The third kappa shape index (κ3) is 2.05. The SMILES string of the molecule is C/C=C/COC1Cc2ccccc2C1. The minimum Gasteiger partial charge on any atom is -0.373 e. The van der Waals surface area contributed by atoms with Crippen LogP contribution < -0.4 is 0 Å². The second-order valence-corrected chi connectivity index (χ2v) is 3.70. The topological polar surface area (TPSA) is 9.23 Å². The van der Waals surface area contributed by atoms with E-state index in [9.17, 15) is 0 Å². The summed E-state index contributed by atoms with van der Waals surface area (Å²) in [6, 6.07) is 8.61. The number of hydrogen-bond acceptors (Lipinski definition) is 1.